The van der Waals surface area contributed by atoms with E-state index in [9.17, 15) is 4.79 Å². The number of benzene rings is 1. The highest BCUT2D eigenvalue weighted by Crippen LogP contribution is 2.16. The Kier molecular flexibility index (Phi) is 3.39. The molecule has 5 nitrogen and oxygen atoms in total. The predicted octanol–water partition coefficient (Wildman–Crippen LogP) is 1.13. The van der Waals surface area contributed by atoms with Crippen LogP contribution in [0.15, 0.2) is 22.6 Å². The Morgan fingerprint density at radius 2 is 2.35 bits per heavy atom. The molecule has 0 saturated heterocycles. The first-order chi connectivity index (χ1) is 8.19. The number of rotatable bonds is 4. The topological polar surface area (TPSA) is 75.4 Å². The van der Waals surface area contributed by atoms with Crippen LogP contribution in [0, 0.1) is 6.92 Å². The minimum atomic E-state index is -0.163. The second-order valence-electron chi connectivity index (χ2n) is 3.79. The van der Waals surface area contributed by atoms with Crippen LogP contribution in [-0.2, 0) is 11.3 Å². The van der Waals surface area contributed by atoms with Gasteiger partial charge in [0.15, 0.2) is 11.5 Å². The Labute approximate surface area is 98.5 Å². The molecule has 0 bridgehead atoms. The average molecular weight is 234 g/mol. The molecule has 2 rings (SSSR count). The van der Waals surface area contributed by atoms with Crippen LogP contribution in [-0.4, -0.2) is 22.6 Å². The van der Waals surface area contributed by atoms with Crippen molar-refractivity contribution >= 4 is 17.0 Å². The molecular weight excluding hydrogens is 220 g/mol. The van der Waals surface area contributed by atoms with E-state index in [1.165, 1.54) is 0 Å². The Balaban J connectivity index is 2.06. The first-order valence-corrected chi connectivity index (χ1v) is 5.42. The highest BCUT2D eigenvalue weighted by atomic mass is 16.3. The molecule has 0 aliphatic carbocycles. The average Bonchev–Trinajstić information content (AvgIpc) is 2.66. The number of hydrogen-bond donors (Lipinski definition) is 2. The molecule has 0 saturated carbocycles. The summed E-state index contributed by atoms with van der Waals surface area (Å²) in [5.74, 6) is 0.463. The van der Waals surface area contributed by atoms with Crippen molar-refractivity contribution in [2.24, 2.45) is 0 Å². The van der Waals surface area contributed by atoms with Gasteiger partial charge in [0.05, 0.1) is 6.61 Å². The summed E-state index contributed by atoms with van der Waals surface area (Å²) in [6.45, 7) is 2.09. The molecule has 1 aromatic carbocycles. The molecule has 0 fully saturated rings. The number of aromatic nitrogens is 1. The van der Waals surface area contributed by atoms with Crippen LogP contribution in [0.5, 0.6) is 0 Å². The van der Waals surface area contributed by atoms with Crippen molar-refractivity contribution in [1.29, 1.82) is 0 Å². The lowest BCUT2D eigenvalue weighted by molar-refractivity contribution is -0.121. The third-order valence-corrected chi connectivity index (χ3v) is 2.39. The third kappa shape index (κ3) is 2.82. The smallest absolute Gasteiger partial charge is 0.222 e. The molecule has 0 atom stereocenters. The van der Waals surface area contributed by atoms with Gasteiger partial charge in [0.2, 0.25) is 5.91 Å². The van der Waals surface area contributed by atoms with E-state index >= 15 is 0 Å². The van der Waals surface area contributed by atoms with E-state index in [1.54, 1.807) is 6.92 Å². The normalized spacial score (nSPS) is 10.7. The number of oxazole rings is 1. The second-order valence-corrected chi connectivity index (χ2v) is 3.79. The van der Waals surface area contributed by atoms with Crippen molar-refractivity contribution in [3.05, 3.63) is 29.7 Å². The van der Waals surface area contributed by atoms with Gasteiger partial charge >= 0.3 is 0 Å². The molecule has 0 aliphatic heterocycles. The number of amides is 1. The van der Waals surface area contributed by atoms with Gasteiger partial charge in [-0.2, -0.15) is 0 Å². The molecule has 0 spiro atoms. The van der Waals surface area contributed by atoms with E-state index in [2.05, 4.69) is 10.3 Å². The SMILES string of the molecule is Cc1nc2cc(CNC(=O)CCO)ccc2o1. The molecule has 0 aliphatic rings. The van der Waals surface area contributed by atoms with E-state index < -0.39 is 0 Å². The second kappa shape index (κ2) is 4.97. The first kappa shape index (κ1) is 11.6. The number of carbonyl (C=O) groups is 1. The van der Waals surface area contributed by atoms with Crippen molar-refractivity contribution in [2.75, 3.05) is 6.61 Å². The molecule has 0 radical (unpaired) electrons. The van der Waals surface area contributed by atoms with Crippen LogP contribution in [0.2, 0.25) is 0 Å². The lowest BCUT2D eigenvalue weighted by Gasteiger charge is -2.03. The first-order valence-electron chi connectivity index (χ1n) is 5.42. The highest BCUT2D eigenvalue weighted by Gasteiger charge is 2.04. The van der Waals surface area contributed by atoms with Crippen molar-refractivity contribution in [1.82, 2.24) is 10.3 Å². The number of hydrogen-bond acceptors (Lipinski definition) is 4. The van der Waals surface area contributed by atoms with E-state index in [4.69, 9.17) is 9.52 Å². The standard InChI is InChI=1S/C12H14N2O3/c1-8-14-10-6-9(2-3-11(10)17-8)7-13-12(16)4-5-15/h2-3,6,15H,4-5,7H2,1H3,(H,13,16). The molecule has 17 heavy (non-hydrogen) atoms. The van der Waals surface area contributed by atoms with Gasteiger partial charge in [0, 0.05) is 19.9 Å². The van der Waals surface area contributed by atoms with Gasteiger partial charge in [-0.15, -0.1) is 0 Å². The predicted molar refractivity (Wildman–Crippen MR) is 62.3 cm³/mol. The summed E-state index contributed by atoms with van der Waals surface area (Å²) in [6, 6.07) is 5.60. The van der Waals surface area contributed by atoms with Gasteiger partial charge in [-0.3, -0.25) is 4.79 Å². The van der Waals surface area contributed by atoms with Gasteiger partial charge in [0.25, 0.3) is 0 Å². The lowest BCUT2D eigenvalue weighted by Crippen LogP contribution is -2.23. The number of fused-ring (bicyclic) bond motifs is 1. The van der Waals surface area contributed by atoms with Crippen LogP contribution in [0.3, 0.4) is 0 Å². The summed E-state index contributed by atoms with van der Waals surface area (Å²) in [5.41, 5.74) is 2.49. The van der Waals surface area contributed by atoms with Crippen LogP contribution >= 0.6 is 0 Å². The van der Waals surface area contributed by atoms with Crippen LogP contribution in [0.1, 0.15) is 17.9 Å². The van der Waals surface area contributed by atoms with Crippen molar-refractivity contribution < 1.29 is 14.3 Å². The zero-order valence-electron chi connectivity index (χ0n) is 9.56. The fourth-order valence-electron chi connectivity index (χ4n) is 1.59. The zero-order chi connectivity index (χ0) is 12.3. The minimum Gasteiger partial charge on any atom is -0.441 e. The maximum Gasteiger partial charge on any atom is 0.222 e. The maximum absolute atomic E-state index is 11.2. The number of carbonyl (C=O) groups excluding carboxylic acids is 1. The van der Waals surface area contributed by atoms with E-state index in [0.717, 1.165) is 16.7 Å². The number of aliphatic hydroxyl groups excluding tert-OH is 1. The number of nitrogens with zero attached hydrogens (tertiary/aromatic N) is 1. The Bertz CT molecular complexity index is 534. The molecule has 0 unspecified atom stereocenters. The molecule has 1 amide bonds. The summed E-state index contributed by atoms with van der Waals surface area (Å²) in [5, 5.41) is 11.3. The number of aliphatic hydroxyl groups is 1. The van der Waals surface area contributed by atoms with Gasteiger partial charge in [-0.05, 0) is 17.7 Å². The number of aryl methyl sites for hydroxylation is 1. The molecule has 1 heterocycles. The lowest BCUT2D eigenvalue weighted by atomic mass is 10.2. The fraction of sp³-hybridized carbons (Fsp3) is 0.333. The monoisotopic (exact) mass is 234 g/mol. The molecule has 90 valence electrons. The Morgan fingerprint density at radius 1 is 1.53 bits per heavy atom. The van der Waals surface area contributed by atoms with Gasteiger partial charge < -0.3 is 14.8 Å². The zero-order valence-corrected chi connectivity index (χ0v) is 9.56. The largest absolute Gasteiger partial charge is 0.441 e. The molecular formula is C12H14N2O3. The van der Waals surface area contributed by atoms with Crippen molar-refractivity contribution in [3.8, 4) is 0 Å². The molecule has 1 aromatic heterocycles. The van der Waals surface area contributed by atoms with Crippen LogP contribution in [0.25, 0.3) is 11.1 Å². The highest BCUT2D eigenvalue weighted by molar-refractivity contribution is 5.76. The maximum atomic E-state index is 11.2. The van der Waals surface area contributed by atoms with E-state index in [0.29, 0.717) is 12.4 Å². The van der Waals surface area contributed by atoms with Crippen molar-refractivity contribution in [3.63, 3.8) is 0 Å². The van der Waals surface area contributed by atoms with E-state index in [1.807, 2.05) is 18.2 Å². The summed E-state index contributed by atoms with van der Waals surface area (Å²) < 4.78 is 5.36. The Hall–Kier alpha value is -1.88. The molecule has 2 aromatic rings. The summed E-state index contributed by atoms with van der Waals surface area (Å²) in [7, 11) is 0. The molecule has 5 heteroatoms. The fourth-order valence-corrected chi connectivity index (χ4v) is 1.59. The van der Waals surface area contributed by atoms with Crippen LogP contribution < -0.4 is 5.32 Å². The van der Waals surface area contributed by atoms with E-state index in [-0.39, 0.29) is 18.9 Å². The van der Waals surface area contributed by atoms with Gasteiger partial charge in [-0.25, -0.2) is 4.98 Å². The van der Waals surface area contributed by atoms with Gasteiger partial charge in [0.1, 0.15) is 5.52 Å². The minimum absolute atomic E-state index is 0.130. The quantitative estimate of drug-likeness (QED) is 0.831. The summed E-state index contributed by atoms with van der Waals surface area (Å²) >= 11 is 0. The van der Waals surface area contributed by atoms with Crippen LogP contribution in [0.4, 0.5) is 0 Å². The van der Waals surface area contributed by atoms with Crippen molar-refractivity contribution in [2.45, 2.75) is 19.9 Å². The summed E-state index contributed by atoms with van der Waals surface area (Å²) in [6.07, 6.45) is 0.130. The summed E-state index contributed by atoms with van der Waals surface area (Å²) in [4.78, 5) is 15.4. The third-order valence-electron chi connectivity index (χ3n) is 2.39. The molecule has 2 N–H and O–H groups in total. The number of nitrogens with one attached hydrogen (secondary N) is 1. The van der Waals surface area contributed by atoms with Gasteiger partial charge in [-0.1, -0.05) is 6.07 Å². The Morgan fingerprint density at radius 3 is 3.12 bits per heavy atom.